The molecule has 1 aliphatic rings. The maximum Gasteiger partial charge on any atom is 0.304 e. The molecule has 3 nitrogen and oxygen atoms in total. The molecule has 0 aliphatic carbocycles. The third kappa shape index (κ3) is 2.29. The van der Waals surface area contributed by atoms with E-state index in [1.54, 1.807) is 0 Å². The van der Waals surface area contributed by atoms with Crippen LogP contribution in [-0.2, 0) is 19.7 Å². The van der Waals surface area contributed by atoms with E-state index in [0.29, 0.717) is 25.0 Å². The van der Waals surface area contributed by atoms with Crippen LogP contribution < -0.4 is 0 Å². The molecular weight excluding hydrogens is 211 g/mol. The van der Waals surface area contributed by atoms with Crippen LogP contribution in [0.3, 0.4) is 0 Å². The average molecular weight is 219 g/mol. The minimum atomic E-state index is -1.61. The molecule has 0 unspecified atom stereocenters. The number of alkyl halides is 2. The van der Waals surface area contributed by atoms with Crippen molar-refractivity contribution in [2.24, 2.45) is 5.41 Å². The van der Waals surface area contributed by atoms with Crippen molar-refractivity contribution < 1.29 is 12.6 Å². The predicted molar refractivity (Wildman–Crippen MR) is 43.9 cm³/mol. The molecule has 11 heavy (non-hydrogen) atoms. The van der Waals surface area contributed by atoms with Gasteiger partial charge in [0.15, 0.2) is 0 Å². The highest BCUT2D eigenvalue weighted by Gasteiger charge is 2.35. The third-order valence-corrected chi connectivity index (χ3v) is 3.24. The lowest BCUT2D eigenvalue weighted by atomic mass is 9.96. The Kier molecular flexibility index (Phi) is 3.58. The van der Waals surface area contributed by atoms with Crippen molar-refractivity contribution in [2.75, 3.05) is 25.0 Å². The summed E-state index contributed by atoms with van der Waals surface area (Å²) in [6.07, 6.45) is 0. The summed E-state index contributed by atoms with van der Waals surface area (Å²) in [5.41, 5.74) is -0.364. The standard InChI is InChI=1S/C5H8Cl2O3S/c6-1-5(2-7)3-9-11(8)10-4-5/h1-4H2. The fourth-order valence-electron chi connectivity index (χ4n) is 0.612. The van der Waals surface area contributed by atoms with Crippen molar-refractivity contribution >= 4 is 34.6 Å². The first-order chi connectivity index (χ1) is 5.22. The number of hydrogen-bond donors (Lipinski definition) is 0. The molecule has 0 amide bonds. The van der Waals surface area contributed by atoms with E-state index >= 15 is 0 Å². The topological polar surface area (TPSA) is 35.5 Å². The Balaban J connectivity index is 2.52. The average Bonchev–Trinajstić information content (AvgIpc) is 2.07. The van der Waals surface area contributed by atoms with Crippen molar-refractivity contribution in [3.05, 3.63) is 0 Å². The lowest BCUT2D eigenvalue weighted by Crippen LogP contribution is -2.40. The van der Waals surface area contributed by atoms with Crippen LogP contribution >= 0.6 is 23.2 Å². The molecule has 0 aromatic rings. The number of rotatable bonds is 2. The second kappa shape index (κ2) is 4.05. The van der Waals surface area contributed by atoms with Gasteiger partial charge in [0.25, 0.3) is 0 Å². The van der Waals surface area contributed by atoms with Gasteiger partial charge in [-0.2, -0.15) is 4.21 Å². The second-order valence-corrected chi connectivity index (χ2v) is 3.91. The summed E-state index contributed by atoms with van der Waals surface area (Å²) < 4.78 is 20.1. The van der Waals surface area contributed by atoms with Crippen LogP contribution in [0.15, 0.2) is 0 Å². The van der Waals surface area contributed by atoms with Gasteiger partial charge in [-0.1, -0.05) is 0 Å². The quantitative estimate of drug-likeness (QED) is 0.652. The second-order valence-electron chi connectivity index (χ2n) is 2.50. The molecule has 0 aromatic heterocycles. The molecule has 1 aliphatic heterocycles. The van der Waals surface area contributed by atoms with Gasteiger partial charge in [-0.15, -0.1) is 23.2 Å². The zero-order valence-corrected chi connectivity index (χ0v) is 8.05. The van der Waals surface area contributed by atoms with Gasteiger partial charge in [-0.3, -0.25) is 8.37 Å². The maximum absolute atomic E-state index is 10.6. The van der Waals surface area contributed by atoms with Crippen LogP contribution in [0.25, 0.3) is 0 Å². The third-order valence-electron chi connectivity index (χ3n) is 1.49. The zero-order valence-electron chi connectivity index (χ0n) is 5.72. The normalized spacial score (nSPS) is 25.3. The Hall–Kier alpha value is 0.650. The van der Waals surface area contributed by atoms with Gasteiger partial charge in [-0.25, -0.2) is 0 Å². The van der Waals surface area contributed by atoms with Gasteiger partial charge < -0.3 is 0 Å². The van der Waals surface area contributed by atoms with Gasteiger partial charge >= 0.3 is 11.4 Å². The molecule has 1 heterocycles. The highest BCUT2D eigenvalue weighted by Crippen LogP contribution is 2.26. The van der Waals surface area contributed by atoms with Crippen LogP contribution in [0.5, 0.6) is 0 Å². The molecule has 0 spiro atoms. The molecule has 0 bridgehead atoms. The van der Waals surface area contributed by atoms with E-state index in [0.717, 1.165) is 0 Å². The van der Waals surface area contributed by atoms with Crippen LogP contribution in [0, 0.1) is 5.41 Å². The van der Waals surface area contributed by atoms with E-state index in [9.17, 15) is 4.21 Å². The molecule has 0 atom stereocenters. The maximum atomic E-state index is 10.6. The smallest absolute Gasteiger partial charge is 0.268 e. The van der Waals surface area contributed by atoms with Crippen LogP contribution in [0.1, 0.15) is 0 Å². The largest absolute Gasteiger partial charge is 0.304 e. The highest BCUT2D eigenvalue weighted by atomic mass is 35.5. The summed E-state index contributed by atoms with van der Waals surface area (Å²) in [5, 5.41) is 0. The fraction of sp³-hybridized carbons (Fsp3) is 1.00. The molecule has 1 fully saturated rings. The molecule has 1 rings (SSSR count). The first-order valence-electron chi connectivity index (χ1n) is 3.03. The Morgan fingerprint density at radius 1 is 1.27 bits per heavy atom. The van der Waals surface area contributed by atoms with Gasteiger partial charge in [0, 0.05) is 17.2 Å². The SMILES string of the molecule is O=S1OCC(CCl)(CCl)CO1. The van der Waals surface area contributed by atoms with Gasteiger partial charge in [0.2, 0.25) is 0 Å². The molecule has 0 N–H and O–H groups in total. The molecule has 0 aromatic carbocycles. The fourth-order valence-corrected chi connectivity index (χ4v) is 1.97. The lowest BCUT2D eigenvalue weighted by molar-refractivity contribution is 0.0712. The minimum absolute atomic E-state index is 0.298. The van der Waals surface area contributed by atoms with Crippen LogP contribution in [-0.4, -0.2) is 29.2 Å². The zero-order chi connectivity index (χ0) is 8.32. The van der Waals surface area contributed by atoms with E-state index in [1.165, 1.54) is 0 Å². The number of hydrogen-bond acceptors (Lipinski definition) is 3. The van der Waals surface area contributed by atoms with Crippen LogP contribution in [0.2, 0.25) is 0 Å². The Morgan fingerprint density at radius 2 is 1.73 bits per heavy atom. The lowest BCUT2D eigenvalue weighted by Gasteiger charge is -2.31. The summed E-state index contributed by atoms with van der Waals surface area (Å²) >= 11 is 9.68. The summed E-state index contributed by atoms with van der Waals surface area (Å²) in [6, 6.07) is 0. The first kappa shape index (κ1) is 9.74. The van der Waals surface area contributed by atoms with Gasteiger partial charge in [-0.05, 0) is 0 Å². The van der Waals surface area contributed by atoms with E-state index in [-0.39, 0.29) is 5.41 Å². The first-order valence-corrected chi connectivity index (χ1v) is 5.10. The van der Waals surface area contributed by atoms with E-state index in [4.69, 9.17) is 31.6 Å². The Bertz CT molecular complexity index is 148. The summed E-state index contributed by atoms with van der Waals surface area (Å²) in [4.78, 5) is 0. The van der Waals surface area contributed by atoms with Crippen LogP contribution in [0.4, 0.5) is 0 Å². The molecule has 6 heteroatoms. The molecule has 0 saturated carbocycles. The summed E-state index contributed by atoms with van der Waals surface area (Å²) in [7, 11) is 0. The Morgan fingerprint density at radius 3 is 2.09 bits per heavy atom. The highest BCUT2D eigenvalue weighted by molar-refractivity contribution is 7.75. The molecule has 66 valence electrons. The van der Waals surface area contributed by atoms with E-state index in [2.05, 4.69) is 0 Å². The monoisotopic (exact) mass is 218 g/mol. The van der Waals surface area contributed by atoms with Crippen molar-refractivity contribution in [3.63, 3.8) is 0 Å². The predicted octanol–water partition coefficient (Wildman–Crippen LogP) is 1.08. The van der Waals surface area contributed by atoms with Gasteiger partial charge in [0.1, 0.15) is 0 Å². The van der Waals surface area contributed by atoms with E-state index in [1.807, 2.05) is 0 Å². The van der Waals surface area contributed by atoms with Crippen molar-refractivity contribution in [1.29, 1.82) is 0 Å². The molecule has 1 saturated heterocycles. The van der Waals surface area contributed by atoms with Gasteiger partial charge in [0.05, 0.1) is 13.2 Å². The number of halogens is 2. The summed E-state index contributed by atoms with van der Waals surface area (Å²) in [6.45, 7) is 0.596. The minimum Gasteiger partial charge on any atom is -0.268 e. The molecule has 0 radical (unpaired) electrons. The van der Waals surface area contributed by atoms with Crippen molar-refractivity contribution in [1.82, 2.24) is 0 Å². The van der Waals surface area contributed by atoms with Crippen molar-refractivity contribution in [2.45, 2.75) is 0 Å². The summed E-state index contributed by atoms with van der Waals surface area (Å²) in [5.74, 6) is 0.710. The van der Waals surface area contributed by atoms with Crippen molar-refractivity contribution in [3.8, 4) is 0 Å². The van der Waals surface area contributed by atoms with E-state index < -0.39 is 11.4 Å². The Labute approximate surface area is 77.8 Å². The molecular formula is C5H8Cl2O3S.